The number of unbranched alkanes of at least 4 members (excludes halogenated alkanes) is 3. The Bertz CT molecular complexity index is 752. The predicted molar refractivity (Wildman–Crippen MR) is 107 cm³/mol. The SMILES string of the molecule is CCCCCCSCc1ccccc1CN1C(=O)c2ccccc2C1=O. The molecule has 2 amide bonds. The van der Waals surface area contributed by atoms with E-state index in [0.29, 0.717) is 17.7 Å². The third-order valence-electron chi connectivity index (χ3n) is 4.72. The molecule has 0 aromatic heterocycles. The Morgan fingerprint density at radius 2 is 1.42 bits per heavy atom. The van der Waals surface area contributed by atoms with Crippen molar-refractivity contribution in [2.24, 2.45) is 0 Å². The zero-order chi connectivity index (χ0) is 18.4. The molecule has 1 aliphatic heterocycles. The van der Waals surface area contributed by atoms with E-state index in [1.165, 1.54) is 36.1 Å². The Hall–Kier alpha value is -2.07. The lowest BCUT2D eigenvalue weighted by molar-refractivity contribution is 0.0642. The Kier molecular flexibility index (Phi) is 6.51. The molecule has 0 radical (unpaired) electrons. The van der Waals surface area contributed by atoms with Crippen LogP contribution in [0, 0.1) is 0 Å². The summed E-state index contributed by atoms with van der Waals surface area (Å²) in [6, 6.07) is 15.2. The monoisotopic (exact) mass is 367 g/mol. The molecule has 4 heteroatoms. The highest BCUT2D eigenvalue weighted by Crippen LogP contribution is 2.26. The number of hydrogen-bond acceptors (Lipinski definition) is 3. The van der Waals surface area contributed by atoms with Gasteiger partial charge in [0.15, 0.2) is 0 Å². The largest absolute Gasteiger partial charge is 0.270 e. The minimum Gasteiger partial charge on any atom is -0.270 e. The molecule has 2 aromatic rings. The predicted octanol–water partition coefficient (Wildman–Crippen LogP) is 5.30. The van der Waals surface area contributed by atoms with Crippen molar-refractivity contribution in [2.45, 2.75) is 44.9 Å². The summed E-state index contributed by atoms with van der Waals surface area (Å²) in [7, 11) is 0. The molecular formula is C22H25NO2S. The fraction of sp³-hybridized carbons (Fsp3) is 0.364. The van der Waals surface area contributed by atoms with Crippen molar-refractivity contribution in [1.82, 2.24) is 4.90 Å². The second kappa shape index (κ2) is 9.04. The van der Waals surface area contributed by atoms with Crippen molar-refractivity contribution in [2.75, 3.05) is 5.75 Å². The number of nitrogens with zero attached hydrogens (tertiary/aromatic N) is 1. The number of amides is 2. The molecule has 26 heavy (non-hydrogen) atoms. The topological polar surface area (TPSA) is 37.4 Å². The van der Waals surface area contributed by atoms with Crippen molar-refractivity contribution in [3.05, 3.63) is 70.8 Å². The maximum Gasteiger partial charge on any atom is 0.261 e. The molecular weight excluding hydrogens is 342 g/mol. The molecule has 0 saturated heterocycles. The van der Waals surface area contributed by atoms with Crippen LogP contribution >= 0.6 is 11.8 Å². The highest BCUT2D eigenvalue weighted by Gasteiger charge is 2.35. The van der Waals surface area contributed by atoms with E-state index in [-0.39, 0.29) is 11.8 Å². The van der Waals surface area contributed by atoms with Gasteiger partial charge in [-0.25, -0.2) is 0 Å². The van der Waals surface area contributed by atoms with E-state index in [1.807, 2.05) is 30.0 Å². The quantitative estimate of drug-likeness (QED) is 0.446. The first-order valence-corrected chi connectivity index (χ1v) is 10.5. The molecule has 0 unspecified atom stereocenters. The zero-order valence-electron chi connectivity index (χ0n) is 15.2. The highest BCUT2D eigenvalue weighted by molar-refractivity contribution is 7.98. The number of imide groups is 1. The average Bonchev–Trinajstić information content (AvgIpc) is 2.91. The van der Waals surface area contributed by atoms with E-state index >= 15 is 0 Å². The van der Waals surface area contributed by atoms with Crippen LogP contribution in [0.4, 0.5) is 0 Å². The van der Waals surface area contributed by atoms with Crippen LogP contribution in [0.1, 0.15) is 64.4 Å². The number of hydrogen-bond donors (Lipinski definition) is 0. The maximum absolute atomic E-state index is 12.6. The normalized spacial score (nSPS) is 13.3. The van der Waals surface area contributed by atoms with E-state index in [4.69, 9.17) is 0 Å². The van der Waals surface area contributed by atoms with Crippen molar-refractivity contribution >= 4 is 23.6 Å². The van der Waals surface area contributed by atoms with Crippen LogP contribution in [0.25, 0.3) is 0 Å². The first kappa shape index (κ1) is 18.7. The molecule has 0 bridgehead atoms. The number of fused-ring (bicyclic) bond motifs is 1. The number of carbonyl (C=O) groups excluding carboxylic acids is 2. The van der Waals surface area contributed by atoms with Gasteiger partial charge < -0.3 is 0 Å². The lowest BCUT2D eigenvalue weighted by atomic mass is 10.1. The summed E-state index contributed by atoms with van der Waals surface area (Å²) in [5.74, 6) is 1.70. The van der Waals surface area contributed by atoms with Gasteiger partial charge in [0.25, 0.3) is 11.8 Å². The molecule has 0 aliphatic carbocycles. The van der Waals surface area contributed by atoms with E-state index in [9.17, 15) is 9.59 Å². The van der Waals surface area contributed by atoms with Crippen LogP contribution in [-0.2, 0) is 12.3 Å². The summed E-state index contributed by atoms with van der Waals surface area (Å²) < 4.78 is 0. The van der Waals surface area contributed by atoms with Gasteiger partial charge in [-0.15, -0.1) is 0 Å². The van der Waals surface area contributed by atoms with Gasteiger partial charge in [-0.2, -0.15) is 11.8 Å². The summed E-state index contributed by atoms with van der Waals surface area (Å²) >= 11 is 1.93. The van der Waals surface area contributed by atoms with Gasteiger partial charge in [-0.3, -0.25) is 14.5 Å². The Morgan fingerprint density at radius 1 is 0.808 bits per heavy atom. The van der Waals surface area contributed by atoms with Crippen molar-refractivity contribution in [1.29, 1.82) is 0 Å². The minimum atomic E-state index is -0.187. The summed E-state index contributed by atoms with van der Waals surface area (Å²) in [6.45, 7) is 2.57. The van der Waals surface area contributed by atoms with Gasteiger partial charge in [0.05, 0.1) is 17.7 Å². The van der Waals surface area contributed by atoms with Crippen LogP contribution < -0.4 is 0 Å². The molecule has 136 valence electrons. The molecule has 3 rings (SSSR count). The second-order valence-corrected chi connectivity index (χ2v) is 7.73. The zero-order valence-corrected chi connectivity index (χ0v) is 16.1. The minimum absolute atomic E-state index is 0.187. The Balaban J connectivity index is 1.64. The number of rotatable bonds is 9. The van der Waals surface area contributed by atoms with Crippen molar-refractivity contribution in [3.8, 4) is 0 Å². The molecule has 1 aliphatic rings. The Morgan fingerprint density at radius 3 is 2.08 bits per heavy atom. The smallest absolute Gasteiger partial charge is 0.261 e. The number of thioether (sulfide) groups is 1. The molecule has 1 heterocycles. The van der Waals surface area contributed by atoms with Gasteiger partial charge >= 0.3 is 0 Å². The second-order valence-electron chi connectivity index (χ2n) is 6.62. The standard InChI is InChI=1S/C22H25NO2S/c1-2-3-4-9-14-26-16-18-11-6-5-10-17(18)15-23-21(24)19-12-7-8-13-20(19)22(23)25/h5-8,10-13H,2-4,9,14-16H2,1H3. The molecule has 0 atom stereocenters. The lowest BCUT2D eigenvalue weighted by Gasteiger charge is -2.16. The Labute approximate surface area is 159 Å². The third kappa shape index (κ3) is 4.18. The van der Waals surface area contributed by atoms with Gasteiger partial charge in [0, 0.05) is 5.75 Å². The highest BCUT2D eigenvalue weighted by atomic mass is 32.2. The number of carbonyl (C=O) groups is 2. The maximum atomic E-state index is 12.6. The van der Waals surface area contributed by atoms with E-state index in [0.717, 1.165) is 17.1 Å². The van der Waals surface area contributed by atoms with Crippen LogP contribution in [-0.4, -0.2) is 22.5 Å². The fourth-order valence-electron chi connectivity index (χ4n) is 3.22. The van der Waals surface area contributed by atoms with E-state index in [2.05, 4.69) is 13.0 Å². The first-order chi connectivity index (χ1) is 12.7. The van der Waals surface area contributed by atoms with Crippen LogP contribution in [0.2, 0.25) is 0 Å². The molecule has 0 saturated carbocycles. The fourth-order valence-corrected chi connectivity index (χ4v) is 4.27. The van der Waals surface area contributed by atoms with Gasteiger partial charge in [-0.1, -0.05) is 62.6 Å². The first-order valence-electron chi connectivity index (χ1n) is 9.32. The third-order valence-corrected chi connectivity index (χ3v) is 5.82. The average molecular weight is 368 g/mol. The van der Waals surface area contributed by atoms with Crippen molar-refractivity contribution < 1.29 is 9.59 Å². The summed E-state index contributed by atoms with van der Waals surface area (Å²) in [4.78, 5) is 26.5. The van der Waals surface area contributed by atoms with Gasteiger partial charge in [0.1, 0.15) is 0 Å². The van der Waals surface area contributed by atoms with Crippen molar-refractivity contribution in [3.63, 3.8) is 0 Å². The van der Waals surface area contributed by atoms with E-state index < -0.39 is 0 Å². The van der Waals surface area contributed by atoms with Crippen LogP contribution in [0.15, 0.2) is 48.5 Å². The summed E-state index contributed by atoms with van der Waals surface area (Å²) in [6.07, 6.45) is 5.10. The lowest BCUT2D eigenvalue weighted by Crippen LogP contribution is -2.29. The summed E-state index contributed by atoms with van der Waals surface area (Å²) in [5.41, 5.74) is 3.30. The number of benzene rings is 2. The summed E-state index contributed by atoms with van der Waals surface area (Å²) in [5, 5.41) is 0. The molecule has 3 nitrogen and oxygen atoms in total. The molecule has 0 N–H and O–H groups in total. The van der Waals surface area contributed by atoms with E-state index in [1.54, 1.807) is 24.3 Å². The molecule has 0 fully saturated rings. The van der Waals surface area contributed by atoms with Crippen LogP contribution in [0.5, 0.6) is 0 Å². The molecule has 2 aromatic carbocycles. The van der Waals surface area contributed by atoms with Gasteiger partial charge in [-0.05, 0) is 35.4 Å². The molecule has 0 spiro atoms. The van der Waals surface area contributed by atoms with Crippen LogP contribution in [0.3, 0.4) is 0 Å². The van der Waals surface area contributed by atoms with Gasteiger partial charge in [0.2, 0.25) is 0 Å².